The number of hydrogen-bond donors (Lipinski definition) is 2. The fourth-order valence-corrected chi connectivity index (χ4v) is 2.91. The second-order valence-electron chi connectivity index (χ2n) is 4.94. The zero-order valence-electron chi connectivity index (χ0n) is 12.4. The molecular weight excluding hydrogens is 359 g/mol. The highest BCUT2D eigenvalue weighted by molar-refractivity contribution is 7.92. The Morgan fingerprint density at radius 3 is 2.39 bits per heavy atom. The molecule has 2 N–H and O–H groups in total. The van der Waals surface area contributed by atoms with E-state index in [-0.39, 0.29) is 16.3 Å². The fraction of sp³-hybridized carbons (Fsp3) is 0.133. The van der Waals surface area contributed by atoms with Gasteiger partial charge >= 0.3 is 0 Å². The molecule has 0 aliphatic carbocycles. The van der Waals surface area contributed by atoms with E-state index in [4.69, 9.17) is 23.2 Å². The molecule has 0 heterocycles. The molecule has 0 fully saturated rings. The van der Waals surface area contributed by atoms with E-state index in [1.54, 1.807) is 25.1 Å². The fourth-order valence-electron chi connectivity index (χ4n) is 1.91. The molecule has 0 aromatic heterocycles. The first-order valence-electron chi connectivity index (χ1n) is 6.51. The van der Waals surface area contributed by atoms with Gasteiger partial charge in [-0.05, 0) is 42.8 Å². The number of hydrogen-bond acceptors (Lipinski definition) is 3. The Balaban J connectivity index is 2.25. The Morgan fingerprint density at radius 1 is 1.09 bits per heavy atom. The average Bonchev–Trinajstić information content (AvgIpc) is 2.42. The predicted octanol–water partition coefficient (Wildman–Crippen LogP) is 3.93. The number of benzene rings is 2. The Hall–Kier alpha value is -1.76. The van der Waals surface area contributed by atoms with Gasteiger partial charge in [-0.15, -0.1) is 0 Å². The number of sulfonamides is 1. The summed E-state index contributed by atoms with van der Waals surface area (Å²) in [5.74, 6) is -0.411. The normalized spacial score (nSPS) is 11.1. The summed E-state index contributed by atoms with van der Waals surface area (Å²) in [6, 6.07) is 9.48. The zero-order valence-corrected chi connectivity index (χ0v) is 14.7. The lowest BCUT2D eigenvalue weighted by Gasteiger charge is -2.11. The van der Waals surface area contributed by atoms with Crippen LogP contribution in [-0.2, 0) is 10.0 Å². The minimum absolute atomic E-state index is 0.135. The van der Waals surface area contributed by atoms with E-state index in [0.29, 0.717) is 10.7 Å². The van der Waals surface area contributed by atoms with Crippen LogP contribution in [0.15, 0.2) is 36.4 Å². The summed E-state index contributed by atoms with van der Waals surface area (Å²) in [7, 11) is -3.41. The lowest BCUT2D eigenvalue weighted by Crippen LogP contribution is -2.14. The van der Waals surface area contributed by atoms with Crippen LogP contribution in [0.1, 0.15) is 15.9 Å². The molecule has 0 bridgehead atoms. The molecule has 2 rings (SSSR count). The Kier molecular flexibility index (Phi) is 5.19. The highest BCUT2D eigenvalue weighted by Crippen LogP contribution is 2.26. The first kappa shape index (κ1) is 17.6. The molecule has 0 aliphatic heterocycles. The van der Waals surface area contributed by atoms with Gasteiger partial charge < -0.3 is 5.32 Å². The van der Waals surface area contributed by atoms with E-state index >= 15 is 0 Å². The van der Waals surface area contributed by atoms with Gasteiger partial charge in [0, 0.05) is 16.4 Å². The molecular formula is C15H14Cl2N2O3S. The molecule has 2 aromatic rings. The van der Waals surface area contributed by atoms with Crippen LogP contribution < -0.4 is 10.0 Å². The van der Waals surface area contributed by atoms with E-state index in [2.05, 4.69) is 10.0 Å². The van der Waals surface area contributed by atoms with Crippen molar-refractivity contribution in [3.63, 3.8) is 0 Å². The SMILES string of the molecule is Cc1c(Cl)cccc1NC(=O)c1ccc(NS(C)(=O)=O)cc1Cl. The molecule has 8 heteroatoms. The topological polar surface area (TPSA) is 75.3 Å². The Labute approximate surface area is 144 Å². The maximum absolute atomic E-state index is 12.3. The van der Waals surface area contributed by atoms with Gasteiger partial charge in [0.2, 0.25) is 10.0 Å². The van der Waals surface area contributed by atoms with Crippen molar-refractivity contribution in [1.82, 2.24) is 0 Å². The minimum Gasteiger partial charge on any atom is -0.322 e. The molecule has 0 saturated carbocycles. The Bertz CT molecular complexity index is 867. The third-order valence-electron chi connectivity index (χ3n) is 3.03. The molecule has 122 valence electrons. The summed E-state index contributed by atoms with van der Waals surface area (Å²) in [5, 5.41) is 3.41. The summed E-state index contributed by atoms with van der Waals surface area (Å²) < 4.78 is 24.7. The number of carbonyl (C=O) groups is 1. The lowest BCUT2D eigenvalue weighted by molar-refractivity contribution is 0.102. The van der Waals surface area contributed by atoms with Gasteiger partial charge in [0.1, 0.15) is 0 Å². The molecule has 0 saturated heterocycles. The van der Waals surface area contributed by atoms with Crippen LogP contribution in [0.25, 0.3) is 0 Å². The molecule has 0 atom stereocenters. The molecule has 0 radical (unpaired) electrons. The summed E-state index contributed by atoms with van der Waals surface area (Å²) >= 11 is 12.1. The van der Waals surface area contributed by atoms with E-state index in [1.807, 2.05) is 0 Å². The van der Waals surface area contributed by atoms with Crippen molar-refractivity contribution >= 4 is 50.5 Å². The summed E-state index contributed by atoms with van der Waals surface area (Å²) in [6.07, 6.45) is 1.03. The largest absolute Gasteiger partial charge is 0.322 e. The number of halogens is 2. The zero-order chi connectivity index (χ0) is 17.2. The van der Waals surface area contributed by atoms with Crippen LogP contribution in [0.4, 0.5) is 11.4 Å². The van der Waals surface area contributed by atoms with Crippen LogP contribution in [-0.4, -0.2) is 20.6 Å². The predicted molar refractivity (Wildman–Crippen MR) is 94.1 cm³/mol. The number of nitrogens with one attached hydrogen (secondary N) is 2. The van der Waals surface area contributed by atoms with Crippen molar-refractivity contribution in [2.45, 2.75) is 6.92 Å². The van der Waals surface area contributed by atoms with E-state index < -0.39 is 15.9 Å². The van der Waals surface area contributed by atoms with Crippen molar-refractivity contribution in [1.29, 1.82) is 0 Å². The van der Waals surface area contributed by atoms with Crippen LogP contribution in [0, 0.1) is 6.92 Å². The van der Waals surface area contributed by atoms with Gasteiger partial charge in [-0.1, -0.05) is 29.3 Å². The Morgan fingerprint density at radius 2 is 1.78 bits per heavy atom. The standard InChI is InChI=1S/C15H14Cl2N2O3S/c1-9-12(16)4-3-5-14(9)18-15(20)11-7-6-10(8-13(11)17)19-23(2,21)22/h3-8,19H,1-2H3,(H,18,20). The molecule has 5 nitrogen and oxygen atoms in total. The first-order chi connectivity index (χ1) is 10.7. The quantitative estimate of drug-likeness (QED) is 0.853. The molecule has 23 heavy (non-hydrogen) atoms. The number of carbonyl (C=O) groups excluding carboxylic acids is 1. The molecule has 1 amide bonds. The van der Waals surface area contributed by atoms with E-state index in [1.165, 1.54) is 18.2 Å². The van der Waals surface area contributed by atoms with Gasteiger partial charge in [0.15, 0.2) is 0 Å². The maximum atomic E-state index is 12.3. The summed E-state index contributed by atoms with van der Waals surface area (Å²) in [6.45, 7) is 1.79. The number of anilines is 2. The summed E-state index contributed by atoms with van der Waals surface area (Å²) in [5.41, 5.74) is 1.84. The number of rotatable bonds is 4. The van der Waals surface area contributed by atoms with Gasteiger partial charge in [-0.25, -0.2) is 8.42 Å². The van der Waals surface area contributed by atoms with Gasteiger partial charge in [-0.2, -0.15) is 0 Å². The average molecular weight is 373 g/mol. The van der Waals surface area contributed by atoms with Gasteiger partial charge in [0.05, 0.1) is 16.8 Å². The van der Waals surface area contributed by atoms with Crippen LogP contribution in [0.5, 0.6) is 0 Å². The maximum Gasteiger partial charge on any atom is 0.257 e. The van der Waals surface area contributed by atoms with Crippen LogP contribution >= 0.6 is 23.2 Å². The second-order valence-corrected chi connectivity index (χ2v) is 7.50. The van der Waals surface area contributed by atoms with E-state index in [0.717, 1.165) is 11.8 Å². The third kappa shape index (κ3) is 4.60. The second kappa shape index (κ2) is 6.78. The smallest absolute Gasteiger partial charge is 0.257 e. The van der Waals surface area contributed by atoms with Crippen molar-refractivity contribution in [2.24, 2.45) is 0 Å². The van der Waals surface area contributed by atoms with Crippen molar-refractivity contribution in [3.8, 4) is 0 Å². The van der Waals surface area contributed by atoms with Crippen molar-refractivity contribution < 1.29 is 13.2 Å². The third-order valence-corrected chi connectivity index (χ3v) is 4.36. The highest BCUT2D eigenvalue weighted by atomic mass is 35.5. The first-order valence-corrected chi connectivity index (χ1v) is 9.16. The van der Waals surface area contributed by atoms with Gasteiger partial charge in [0.25, 0.3) is 5.91 Å². The van der Waals surface area contributed by atoms with Crippen LogP contribution in [0.3, 0.4) is 0 Å². The van der Waals surface area contributed by atoms with Crippen molar-refractivity contribution in [2.75, 3.05) is 16.3 Å². The number of amides is 1. The monoisotopic (exact) mass is 372 g/mol. The highest BCUT2D eigenvalue weighted by Gasteiger charge is 2.14. The van der Waals surface area contributed by atoms with E-state index in [9.17, 15) is 13.2 Å². The molecule has 0 spiro atoms. The molecule has 0 aliphatic rings. The molecule has 2 aromatic carbocycles. The molecule has 0 unspecified atom stereocenters. The lowest BCUT2D eigenvalue weighted by atomic mass is 10.1. The van der Waals surface area contributed by atoms with Crippen molar-refractivity contribution in [3.05, 3.63) is 57.6 Å². The van der Waals surface area contributed by atoms with Crippen LogP contribution in [0.2, 0.25) is 10.0 Å². The van der Waals surface area contributed by atoms with Gasteiger partial charge in [-0.3, -0.25) is 9.52 Å². The summed E-state index contributed by atoms with van der Waals surface area (Å²) in [4.78, 5) is 12.3. The minimum atomic E-state index is -3.41.